The minimum absolute atomic E-state index is 0.476. The van der Waals surface area contributed by atoms with Crippen molar-refractivity contribution in [3.05, 3.63) is 46.7 Å². The zero-order valence-electron chi connectivity index (χ0n) is 11.6. The quantitative estimate of drug-likeness (QED) is 0.361. The van der Waals surface area contributed by atoms with Gasteiger partial charge in [0.1, 0.15) is 0 Å². The average molecular weight is 394 g/mol. The van der Waals surface area contributed by atoms with Crippen LogP contribution in [0.4, 0.5) is 22.0 Å². The van der Waals surface area contributed by atoms with Gasteiger partial charge in [-0.3, -0.25) is 4.79 Å². The molecule has 0 amide bonds. The van der Waals surface area contributed by atoms with Crippen molar-refractivity contribution < 1.29 is 26.7 Å². The van der Waals surface area contributed by atoms with Gasteiger partial charge in [-0.15, -0.1) is 34.0 Å². The highest BCUT2D eigenvalue weighted by atomic mass is 32.1. The fourth-order valence-electron chi connectivity index (χ4n) is 1.90. The summed E-state index contributed by atoms with van der Waals surface area (Å²) in [5.41, 5.74) is 0. The third-order valence-electron chi connectivity index (χ3n) is 3.08. The number of ketones is 1. The van der Waals surface area contributed by atoms with Crippen LogP contribution in [0.2, 0.25) is 0 Å². The van der Waals surface area contributed by atoms with Gasteiger partial charge in [-0.1, -0.05) is 6.07 Å². The number of Topliss-reactive ketones (excluding diaryl/α,β-unsaturated/α-hetero) is 1. The van der Waals surface area contributed by atoms with Crippen LogP contribution in [0, 0.1) is 0 Å². The van der Waals surface area contributed by atoms with Crippen molar-refractivity contribution in [3.8, 4) is 19.5 Å². The van der Waals surface area contributed by atoms with E-state index >= 15 is 0 Å². The predicted molar refractivity (Wildman–Crippen MR) is 86.3 cm³/mol. The number of alkyl halides is 5. The van der Waals surface area contributed by atoms with Gasteiger partial charge in [-0.05, 0) is 35.7 Å². The largest absolute Gasteiger partial charge is 0.461 e. The molecule has 1 nitrogen and oxygen atoms in total. The monoisotopic (exact) mass is 394 g/mol. The molecule has 0 saturated carbocycles. The zero-order valence-corrected chi connectivity index (χ0v) is 14.0. The molecule has 9 heteroatoms. The van der Waals surface area contributed by atoms with Gasteiger partial charge in [-0.2, -0.15) is 22.0 Å². The predicted octanol–water partition coefficient (Wildman–Crippen LogP) is 6.59. The van der Waals surface area contributed by atoms with Crippen molar-refractivity contribution in [2.45, 2.75) is 12.1 Å². The van der Waals surface area contributed by atoms with Crippen LogP contribution in [0.5, 0.6) is 0 Å². The van der Waals surface area contributed by atoms with Crippen molar-refractivity contribution >= 4 is 39.8 Å². The second kappa shape index (κ2) is 6.05. The van der Waals surface area contributed by atoms with Crippen LogP contribution in [-0.2, 0) is 0 Å². The minimum Gasteiger partial charge on any atom is -0.286 e. The summed E-state index contributed by atoms with van der Waals surface area (Å²) in [6.45, 7) is 0. The molecule has 0 N–H and O–H groups in total. The molecule has 0 spiro atoms. The summed E-state index contributed by atoms with van der Waals surface area (Å²) in [4.78, 5) is 14.1. The molecule has 0 aliphatic rings. The van der Waals surface area contributed by atoms with Crippen LogP contribution in [0.25, 0.3) is 19.5 Å². The van der Waals surface area contributed by atoms with Crippen LogP contribution in [0.1, 0.15) is 9.67 Å². The number of halogens is 5. The lowest BCUT2D eigenvalue weighted by atomic mass is 10.2. The summed E-state index contributed by atoms with van der Waals surface area (Å²) in [7, 11) is 0. The summed E-state index contributed by atoms with van der Waals surface area (Å²) in [5.74, 6) is -7.60. The van der Waals surface area contributed by atoms with Gasteiger partial charge in [0.2, 0.25) is 0 Å². The van der Waals surface area contributed by atoms with Crippen molar-refractivity contribution in [2.75, 3.05) is 0 Å². The lowest BCUT2D eigenvalue weighted by Crippen LogP contribution is -2.43. The molecule has 3 aromatic heterocycles. The third-order valence-corrected chi connectivity index (χ3v) is 6.51. The molecule has 0 aromatic carbocycles. The first kappa shape index (κ1) is 17.2. The standard InChI is InChI=1S/C15H7F5OS3/c16-14(17,15(18,19)20)13(21)12-6-5-11(24-12)10-4-3-9(23-10)8-2-1-7-22-8/h1-7H. The molecule has 0 aliphatic carbocycles. The molecular formula is C15H7F5OS3. The van der Waals surface area contributed by atoms with Gasteiger partial charge < -0.3 is 0 Å². The minimum atomic E-state index is -5.90. The molecule has 0 atom stereocenters. The van der Waals surface area contributed by atoms with E-state index in [2.05, 4.69) is 0 Å². The maximum Gasteiger partial charge on any atom is 0.461 e. The second-order valence-electron chi connectivity index (χ2n) is 4.71. The molecule has 0 fully saturated rings. The van der Waals surface area contributed by atoms with Crippen LogP contribution in [-0.4, -0.2) is 17.9 Å². The maximum atomic E-state index is 13.1. The first-order valence-corrected chi connectivity index (χ1v) is 8.94. The Labute approximate surface area is 145 Å². The van der Waals surface area contributed by atoms with E-state index in [1.165, 1.54) is 28.7 Å². The van der Waals surface area contributed by atoms with E-state index in [-0.39, 0.29) is 0 Å². The van der Waals surface area contributed by atoms with Crippen molar-refractivity contribution in [1.82, 2.24) is 0 Å². The van der Waals surface area contributed by atoms with Crippen LogP contribution in [0.15, 0.2) is 41.8 Å². The van der Waals surface area contributed by atoms with Gasteiger partial charge in [-0.25, -0.2) is 0 Å². The molecule has 0 bridgehead atoms. The lowest BCUT2D eigenvalue weighted by Gasteiger charge is -2.16. The van der Waals surface area contributed by atoms with Gasteiger partial charge in [0, 0.05) is 19.5 Å². The highest BCUT2D eigenvalue weighted by Gasteiger charge is 2.63. The van der Waals surface area contributed by atoms with E-state index < -0.39 is 22.8 Å². The van der Waals surface area contributed by atoms with Gasteiger partial charge >= 0.3 is 12.1 Å². The van der Waals surface area contributed by atoms with E-state index in [9.17, 15) is 26.7 Å². The lowest BCUT2D eigenvalue weighted by molar-refractivity contribution is -0.255. The number of thiophene rings is 3. The first-order valence-electron chi connectivity index (χ1n) is 6.43. The molecule has 126 valence electrons. The molecule has 3 aromatic rings. The van der Waals surface area contributed by atoms with Crippen LogP contribution in [0.3, 0.4) is 0 Å². The highest BCUT2D eigenvalue weighted by Crippen LogP contribution is 2.42. The Bertz CT molecular complexity index is 858. The van der Waals surface area contributed by atoms with Crippen LogP contribution < -0.4 is 0 Å². The van der Waals surface area contributed by atoms with Crippen molar-refractivity contribution in [3.63, 3.8) is 0 Å². The Morgan fingerprint density at radius 2 is 1.38 bits per heavy atom. The third kappa shape index (κ3) is 3.03. The Morgan fingerprint density at radius 3 is 1.96 bits per heavy atom. The summed E-state index contributed by atoms with van der Waals surface area (Å²) in [6, 6.07) is 9.80. The molecular weight excluding hydrogens is 387 g/mol. The molecule has 0 radical (unpaired) electrons. The number of hydrogen-bond donors (Lipinski definition) is 0. The van der Waals surface area contributed by atoms with Gasteiger partial charge in [0.05, 0.1) is 4.88 Å². The van der Waals surface area contributed by atoms with E-state index in [0.717, 1.165) is 15.8 Å². The van der Waals surface area contributed by atoms with E-state index in [1.54, 1.807) is 6.07 Å². The average Bonchev–Trinajstić information content (AvgIpc) is 3.23. The van der Waals surface area contributed by atoms with Crippen molar-refractivity contribution in [1.29, 1.82) is 0 Å². The molecule has 3 heterocycles. The fraction of sp³-hybridized carbons (Fsp3) is 0.133. The molecule has 0 unspecified atom stereocenters. The molecule has 3 rings (SSSR count). The van der Waals surface area contributed by atoms with E-state index in [4.69, 9.17) is 0 Å². The van der Waals surface area contributed by atoms with Crippen molar-refractivity contribution in [2.24, 2.45) is 0 Å². The Morgan fingerprint density at radius 1 is 0.792 bits per heavy atom. The van der Waals surface area contributed by atoms with E-state index in [0.29, 0.717) is 21.1 Å². The number of carbonyl (C=O) groups excluding carboxylic acids is 1. The van der Waals surface area contributed by atoms with E-state index in [1.807, 2.05) is 23.6 Å². The summed E-state index contributed by atoms with van der Waals surface area (Å²) >= 11 is 3.55. The highest BCUT2D eigenvalue weighted by molar-refractivity contribution is 7.26. The van der Waals surface area contributed by atoms with Gasteiger partial charge in [0.15, 0.2) is 0 Å². The number of carbonyl (C=O) groups is 1. The van der Waals surface area contributed by atoms with Gasteiger partial charge in [0.25, 0.3) is 5.78 Å². The fourth-order valence-corrected chi connectivity index (χ4v) is 4.81. The Balaban J connectivity index is 1.88. The second-order valence-corrected chi connectivity index (χ2v) is 7.82. The first-order chi connectivity index (χ1) is 11.2. The summed E-state index contributed by atoms with van der Waals surface area (Å²) in [5, 5.41) is 1.91. The summed E-state index contributed by atoms with van der Waals surface area (Å²) in [6.07, 6.45) is -5.90. The Hall–Kier alpha value is -1.58. The topological polar surface area (TPSA) is 17.1 Å². The Kier molecular flexibility index (Phi) is 4.35. The van der Waals surface area contributed by atoms with Crippen LogP contribution >= 0.6 is 34.0 Å². The smallest absolute Gasteiger partial charge is 0.286 e. The zero-order chi connectivity index (χ0) is 17.5. The number of rotatable bonds is 4. The molecule has 0 saturated heterocycles. The summed E-state index contributed by atoms with van der Waals surface area (Å²) < 4.78 is 63.2. The SMILES string of the molecule is O=C(c1ccc(-c2ccc(-c3cccs3)s2)s1)C(F)(F)C(F)(F)F. The molecule has 0 aliphatic heterocycles. The number of hydrogen-bond acceptors (Lipinski definition) is 4. The normalized spacial score (nSPS) is 12.5. The maximum absolute atomic E-state index is 13.1. The molecule has 24 heavy (non-hydrogen) atoms.